The number of rotatable bonds is 5. The van der Waals surface area contributed by atoms with Crippen molar-refractivity contribution in [1.82, 2.24) is 10.6 Å². The summed E-state index contributed by atoms with van der Waals surface area (Å²) in [4.78, 5) is 25.9. The molecule has 0 spiro atoms. The summed E-state index contributed by atoms with van der Waals surface area (Å²) in [7, 11) is 0. The fraction of sp³-hybridized carbons (Fsp3) is 0.333. The Hall–Kier alpha value is -2.89. The maximum atomic E-state index is 13.0. The van der Waals surface area contributed by atoms with Crippen LogP contribution in [-0.4, -0.2) is 31.4 Å². The molecule has 2 N–H and O–H groups in total. The zero-order chi connectivity index (χ0) is 18.8. The predicted octanol–water partition coefficient (Wildman–Crippen LogP) is 2.18. The molecule has 0 bridgehead atoms. The van der Waals surface area contributed by atoms with Gasteiger partial charge < -0.3 is 15.5 Å². The molecule has 2 fully saturated rings. The number of amides is 2. The van der Waals surface area contributed by atoms with Gasteiger partial charge in [-0.05, 0) is 47.7 Å². The number of benzene rings is 2. The predicted molar refractivity (Wildman–Crippen MR) is 101 cm³/mol. The molecule has 2 atom stereocenters. The van der Waals surface area contributed by atoms with Crippen molar-refractivity contribution < 1.29 is 14.0 Å². The monoisotopic (exact) mass is 367 g/mol. The van der Waals surface area contributed by atoms with E-state index in [2.05, 4.69) is 10.6 Å². The zero-order valence-electron chi connectivity index (χ0n) is 15.0. The molecule has 6 heteroatoms. The molecule has 2 aromatic carbocycles. The van der Waals surface area contributed by atoms with Crippen LogP contribution in [0.25, 0.3) is 0 Å². The van der Waals surface area contributed by atoms with Gasteiger partial charge >= 0.3 is 0 Å². The molecule has 140 valence electrons. The molecule has 2 amide bonds. The minimum Gasteiger partial charge on any atom is -0.360 e. The molecule has 5 nitrogen and oxygen atoms in total. The maximum Gasteiger partial charge on any atom is 0.239 e. The first-order valence-electron chi connectivity index (χ1n) is 9.24. The van der Waals surface area contributed by atoms with Crippen LogP contribution in [-0.2, 0) is 16.1 Å². The number of nitrogens with one attached hydrogen (secondary N) is 2. The molecule has 1 aliphatic heterocycles. The van der Waals surface area contributed by atoms with Gasteiger partial charge in [0.15, 0.2) is 0 Å². The van der Waals surface area contributed by atoms with Gasteiger partial charge in [0.05, 0.1) is 6.54 Å². The first-order valence-corrected chi connectivity index (χ1v) is 9.24. The van der Waals surface area contributed by atoms with Crippen LogP contribution in [0.5, 0.6) is 0 Å². The summed E-state index contributed by atoms with van der Waals surface area (Å²) in [5, 5.41) is 5.80. The van der Waals surface area contributed by atoms with E-state index >= 15 is 0 Å². The van der Waals surface area contributed by atoms with Gasteiger partial charge in [0.1, 0.15) is 5.82 Å². The Labute approximate surface area is 157 Å². The minimum absolute atomic E-state index is 0.0263. The van der Waals surface area contributed by atoms with Crippen LogP contribution in [0.3, 0.4) is 0 Å². The average molecular weight is 367 g/mol. The molecule has 0 radical (unpaired) electrons. The molecule has 0 aromatic heterocycles. The highest BCUT2D eigenvalue weighted by Gasteiger charge is 2.43. The van der Waals surface area contributed by atoms with Crippen LogP contribution in [0.2, 0.25) is 0 Å². The lowest BCUT2D eigenvalue weighted by Gasteiger charge is -2.28. The highest BCUT2D eigenvalue weighted by atomic mass is 19.1. The summed E-state index contributed by atoms with van der Waals surface area (Å²) < 4.78 is 13.0. The van der Waals surface area contributed by atoms with Gasteiger partial charge in [-0.3, -0.25) is 9.59 Å². The Balaban J connectivity index is 1.28. The molecule has 1 heterocycles. The van der Waals surface area contributed by atoms with Crippen LogP contribution in [0.15, 0.2) is 48.5 Å². The van der Waals surface area contributed by atoms with Crippen molar-refractivity contribution in [3.05, 3.63) is 65.5 Å². The van der Waals surface area contributed by atoms with Gasteiger partial charge in [-0.15, -0.1) is 0 Å². The Bertz CT molecular complexity index is 836. The lowest BCUT2D eigenvalue weighted by molar-refractivity contribution is -0.122. The molecular formula is C21H22FN3O2. The summed E-state index contributed by atoms with van der Waals surface area (Å²) in [5.41, 5.74) is 3.05. The Morgan fingerprint density at radius 2 is 1.89 bits per heavy atom. The van der Waals surface area contributed by atoms with Gasteiger partial charge in [-0.1, -0.05) is 24.3 Å². The molecule has 1 aliphatic carbocycles. The van der Waals surface area contributed by atoms with Crippen molar-refractivity contribution in [3.63, 3.8) is 0 Å². The highest BCUT2D eigenvalue weighted by Crippen LogP contribution is 2.47. The van der Waals surface area contributed by atoms with Crippen LogP contribution in [0, 0.1) is 11.7 Å². The number of hydrogen-bond acceptors (Lipinski definition) is 3. The topological polar surface area (TPSA) is 61.4 Å². The van der Waals surface area contributed by atoms with E-state index in [1.54, 1.807) is 12.1 Å². The van der Waals surface area contributed by atoms with E-state index in [1.807, 2.05) is 29.2 Å². The Kier molecular flexibility index (Phi) is 4.79. The Morgan fingerprint density at radius 1 is 1.15 bits per heavy atom. The smallest absolute Gasteiger partial charge is 0.239 e. The number of carbonyl (C=O) groups excluding carboxylic acids is 2. The fourth-order valence-corrected chi connectivity index (χ4v) is 3.57. The Morgan fingerprint density at radius 3 is 2.59 bits per heavy atom. The van der Waals surface area contributed by atoms with Crippen LogP contribution >= 0.6 is 0 Å². The van der Waals surface area contributed by atoms with Gasteiger partial charge in [-0.2, -0.15) is 0 Å². The SMILES string of the molecule is O=C1CN(c2ccc(CNC(=O)[C@H]3C[C@H]3c3ccc(F)cc3)cc2)CCN1. The summed E-state index contributed by atoms with van der Waals surface area (Å²) in [5.74, 6) is -0.00677. The van der Waals surface area contributed by atoms with E-state index in [9.17, 15) is 14.0 Å². The van der Waals surface area contributed by atoms with Crippen molar-refractivity contribution in [2.75, 3.05) is 24.5 Å². The summed E-state index contributed by atoms with van der Waals surface area (Å²) in [6, 6.07) is 14.3. The number of anilines is 1. The van der Waals surface area contributed by atoms with Gasteiger partial charge in [0.2, 0.25) is 11.8 Å². The lowest BCUT2D eigenvalue weighted by Crippen LogP contribution is -2.47. The maximum absolute atomic E-state index is 13.0. The quantitative estimate of drug-likeness (QED) is 0.852. The van der Waals surface area contributed by atoms with Crippen LogP contribution in [0.4, 0.5) is 10.1 Å². The van der Waals surface area contributed by atoms with E-state index in [4.69, 9.17) is 0 Å². The number of hydrogen-bond donors (Lipinski definition) is 2. The number of carbonyl (C=O) groups is 2. The van der Waals surface area contributed by atoms with Gasteiger partial charge in [0.25, 0.3) is 0 Å². The second-order valence-electron chi connectivity index (χ2n) is 7.16. The van der Waals surface area contributed by atoms with E-state index in [-0.39, 0.29) is 29.5 Å². The minimum atomic E-state index is -0.256. The van der Waals surface area contributed by atoms with Crippen LogP contribution < -0.4 is 15.5 Å². The third kappa shape index (κ3) is 4.10. The summed E-state index contributed by atoms with van der Waals surface area (Å²) in [6.07, 6.45) is 0.813. The number of nitrogens with zero attached hydrogens (tertiary/aromatic N) is 1. The molecule has 2 aromatic rings. The third-order valence-electron chi connectivity index (χ3n) is 5.23. The largest absolute Gasteiger partial charge is 0.360 e. The molecule has 27 heavy (non-hydrogen) atoms. The molecular weight excluding hydrogens is 345 g/mol. The molecule has 2 aliphatic rings. The normalized spacial score (nSPS) is 21.5. The third-order valence-corrected chi connectivity index (χ3v) is 5.23. The molecule has 0 unspecified atom stereocenters. The first-order chi connectivity index (χ1) is 13.1. The second-order valence-corrected chi connectivity index (χ2v) is 7.16. The highest BCUT2D eigenvalue weighted by molar-refractivity contribution is 5.83. The number of piperazine rings is 1. The van der Waals surface area contributed by atoms with E-state index < -0.39 is 0 Å². The van der Waals surface area contributed by atoms with Crippen molar-refractivity contribution in [2.45, 2.75) is 18.9 Å². The van der Waals surface area contributed by atoms with Gasteiger partial charge in [-0.25, -0.2) is 4.39 Å². The van der Waals surface area contributed by atoms with Gasteiger partial charge in [0, 0.05) is 31.2 Å². The fourth-order valence-electron chi connectivity index (χ4n) is 3.57. The van der Waals surface area contributed by atoms with Crippen molar-refractivity contribution in [3.8, 4) is 0 Å². The molecule has 1 saturated carbocycles. The first kappa shape index (κ1) is 17.5. The average Bonchev–Trinajstić information content (AvgIpc) is 3.48. The van der Waals surface area contributed by atoms with Crippen molar-refractivity contribution in [1.29, 1.82) is 0 Å². The number of halogens is 1. The van der Waals surface area contributed by atoms with E-state index in [1.165, 1.54) is 12.1 Å². The van der Waals surface area contributed by atoms with Crippen molar-refractivity contribution >= 4 is 17.5 Å². The van der Waals surface area contributed by atoms with Crippen LogP contribution in [0.1, 0.15) is 23.5 Å². The van der Waals surface area contributed by atoms with E-state index in [0.29, 0.717) is 19.6 Å². The van der Waals surface area contributed by atoms with Crippen molar-refractivity contribution in [2.24, 2.45) is 5.92 Å². The summed E-state index contributed by atoms with van der Waals surface area (Å²) in [6.45, 7) is 2.32. The molecule has 1 saturated heterocycles. The lowest BCUT2D eigenvalue weighted by atomic mass is 10.1. The van der Waals surface area contributed by atoms with E-state index in [0.717, 1.165) is 29.8 Å². The molecule has 4 rings (SSSR count). The second kappa shape index (κ2) is 7.39. The summed E-state index contributed by atoms with van der Waals surface area (Å²) >= 11 is 0. The zero-order valence-corrected chi connectivity index (χ0v) is 15.0. The standard InChI is InChI=1S/C21H22FN3O2/c22-16-5-3-15(4-6-16)18-11-19(18)21(27)24-12-14-1-7-17(8-2-14)25-10-9-23-20(26)13-25/h1-8,18-19H,9-13H2,(H,23,26)(H,24,27)/t18-,19-/m0/s1.